The zero-order valence-electron chi connectivity index (χ0n) is 6.14. The summed E-state index contributed by atoms with van der Waals surface area (Å²) in [6, 6.07) is 1.49. The number of hydroxylamine groups is 1. The summed E-state index contributed by atoms with van der Waals surface area (Å²) < 4.78 is 25.4. The van der Waals surface area contributed by atoms with E-state index in [-0.39, 0.29) is 4.47 Å². The van der Waals surface area contributed by atoms with Gasteiger partial charge in [-0.25, -0.2) is 14.3 Å². The van der Waals surface area contributed by atoms with E-state index in [1.54, 1.807) is 0 Å². The van der Waals surface area contributed by atoms with Crippen molar-refractivity contribution >= 4 is 21.8 Å². The van der Waals surface area contributed by atoms with Crippen molar-refractivity contribution in [1.29, 1.82) is 0 Å². The average molecular weight is 252 g/mol. The van der Waals surface area contributed by atoms with Crippen molar-refractivity contribution in [3.63, 3.8) is 0 Å². The molecule has 0 radical (unpaired) electrons. The highest BCUT2D eigenvalue weighted by molar-refractivity contribution is 9.10. The van der Waals surface area contributed by atoms with Crippen LogP contribution >= 0.6 is 15.9 Å². The first-order valence-electron chi connectivity index (χ1n) is 3.15. The predicted octanol–water partition coefficient (Wildman–Crippen LogP) is 1.85. The molecule has 3 nitrogen and oxygen atoms in total. The van der Waals surface area contributed by atoms with E-state index in [2.05, 4.69) is 15.9 Å². The van der Waals surface area contributed by atoms with E-state index in [9.17, 15) is 13.6 Å². The SMILES string of the molecule is O=C(NO)c1cc(Br)c(F)cc1F. The van der Waals surface area contributed by atoms with Crippen LogP contribution in [0.2, 0.25) is 0 Å². The molecule has 0 aromatic heterocycles. The Morgan fingerprint density at radius 3 is 2.54 bits per heavy atom. The molecule has 0 fully saturated rings. The molecule has 0 saturated carbocycles. The van der Waals surface area contributed by atoms with Crippen LogP contribution in [0.3, 0.4) is 0 Å². The van der Waals surface area contributed by atoms with Gasteiger partial charge in [0.05, 0.1) is 10.0 Å². The highest BCUT2D eigenvalue weighted by Gasteiger charge is 2.13. The van der Waals surface area contributed by atoms with Crippen molar-refractivity contribution in [3.8, 4) is 0 Å². The smallest absolute Gasteiger partial charge is 0.277 e. The molecule has 0 spiro atoms. The molecule has 0 aliphatic heterocycles. The van der Waals surface area contributed by atoms with Crippen molar-refractivity contribution in [2.45, 2.75) is 0 Å². The molecule has 0 atom stereocenters. The highest BCUT2D eigenvalue weighted by Crippen LogP contribution is 2.19. The van der Waals surface area contributed by atoms with Crippen LogP contribution in [0.4, 0.5) is 8.78 Å². The lowest BCUT2D eigenvalue weighted by atomic mass is 10.2. The number of halogens is 3. The molecular formula is C7H4BrF2NO2. The third-order valence-electron chi connectivity index (χ3n) is 1.36. The number of rotatable bonds is 1. The van der Waals surface area contributed by atoms with Gasteiger partial charge in [0.2, 0.25) is 0 Å². The van der Waals surface area contributed by atoms with Gasteiger partial charge in [0.15, 0.2) is 0 Å². The Morgan fingerprint density at radius 2 is 2.00 bits per heavy atom. The van der Waals surface area contributed by atoms with Crippen LogP contribution in [-0.2, 0) is 0 Å². The molecule has 70 valence electrons. The number of hydrogen-bond acceptors (Lipinski definition) is 2. The number of carbonyl (C=O) groups is 1. The Kier molecular flexibility index (Phi) is 2.94. The molecule has 0 saturated heterocycles. The maximum Gasteiger partial charge on any atom is 0.277 e. The van der Waals surface area contributed by atoms with Gasteiger partial charge >= 0.3 is 0 Å². The van der Waals surface area contributed by atoms with Gasteiger partial charge in [-0.3, -0.25) is 10.0 Å². The van der Waals surface area contributed by atoms with Crippen LogP contribution in [0.1, 0.15) is 10.4 Å². The normalized spacial score (nSPS) is 9.85. The van der Waals surface area contributed by atoms with E-state index >= 15 is 0 Å². The molecule has 1 rings (SSSR count). The van der Waals surface area contributed by atoms with E-state index in [1.807, 2.05) is 0 Å². The Labute approximate surface area is 80.5 Å². The quantitative estimate of drug-likeness (QED) is 0.455. The molecule has 1 aromatic carbocycles. The van der Waals surface area contributed by atoms with E-state index in [4.69, 9.17) is 5.21 Å². The predicted molar refractivity (Wildman–Crippen MR) is 43.3 cm³/mol. The minimum atomic E-state index is -1.03. The summed E-state index contributed by atoms with van der Waals surface area (Å²) in [6.07, 6.45) is 0. The van der Waals surface area contributed by atoms with Crippen LogP contribution in [0.25, 0.3) is 0 Å². The summed E-state index contributed by atoms with van der Waals surface area (Å²) in [6.45, 7) is 0. The van der Waals surface area contributed by atoms with Gasteiger partial charge in [0, 0.05) is 6.07 Å². The van der Waals surface area contributed by atoms with E-state index in [0.717, 1.165) is 6.07 Å². The van der Waals surface area contributed by atoms with E-state index in [0.29, 0.717) is 6.07 Å². The number of hydrogen-bond donors (Lipinski definition) is 2. The van der Waals surface area contributed by atoms with Crippen LogP contribution in [0, 0.1) is 11.6 Å². The fraction of sp³-hybridized carbons (Fsp3) is 0. The largest absolute Gasteiger partial charge is 0.288 e. The fourth-order valence-corrected chi connectivity index (χ4v) is 1.10. The molecule has 0 heterocycles. The molecule has 13 heavy (non-hydrogen) atoms. The lowest BCUT2D eigenvalue weighted by Crippen LogP contribution is -2.20. The van der Waals surface area contributed by atoms with Crippen LogP contribution in [0.15, 0.2) is 16.6 Å². The molecular weight excluding hydrogens is 248 g/mol. The zero-order chi connectivity index (χ0) is 10.0. The van der Waals surface area contributed by atoms with Crippen molar-refractivity contribution < 1.29 is 18.8 Å². The van der Waals surface area contributed by atoms with E-state index < -0.39 is 23.1 Å². The minimum absolute atomic E-state index is 0.0486. The summed E-state index contributed by atoms with van der Waals surface area (Å²) in [5.41, 5.74) is 0.812. The van der Waals surface area contributed by atoms with Gasteiger partial charge < -0.3 is 0 Å². The van der Waals surface area contributed by atoms with Crippen molar-refractivity contribution in [2.24, 2.45) is 0 Å². The first-order valence-corrected chi connectivity index (χ1v) is 3.94. The Hall–Kier alpha value is -1.01. The molecule has 6 heteroatoms. The van der Waals surface area contributed by atoms with Gasteiger partial charge in [0.1, 0.15) is 11.6 Å². The molecule has 0 bridgehead atoms. The number of amides is 1. The summed E-state index contributed by atoms with van der Waals surface area (Å²) in [7, 11) is 0. The first-order chi connectivity index (χ1) is 6.06. The highest BCUT2D eigenvalue weighted by atomic mass is 79.9. The molecule has 1 amide bonds. The topological polar surface area (TPSA) is 49.3 Å². The van der Waals surface area contributed by atoms with Crippen molar-refractivity contribution in [3.05, 3.63) is 33.8 Å². The molecule has 0 aliphatic rings. The molecule has 2 N–H and O–H groups in total. The number of nitrogens with one attached hydrogen (secondary N) is 1. The van der Waals surface area contributed by atoms with E-state index in [1.165, 1.54) is 5.48 Å². The van der Waals surface area contributed by atoms with Crippen molar-refractivity contribution in [1.82, 2.24) is 5.48 Å². The number of benzene rings is 1. The molecule has 0 aliphatic carbocycles. The average Bonchev–Trinajstić information content (AvgIpc) is 2.10. The summed E-state index contributed by atoms with van der Waals surface area (Å²) in [5.74, 6) is -2.88. The maximum absolute atomic E-state index is 12.8. The monoisotopic (exact) mass is 251 g/mol. The third kappa shape index (κ3) is 2.02. The minimum Gasteiger partial charge on any atom is -0.288 e. The summed E-state index contributed by atoms with van der Waals surface area (Å²) in [4.78, 5) is 10.8. The Bertz CT molecular complexity index is 357. The van der Waals surface area contributed by atoms with Crippen LogP contribution in [0.5, 0.6) is 0 Å². The van der Waals surface area contributed by atoms with Gasteiger partial charge in [-0.2, -0.15) is 0 Å². The lowest BCUT2D eigenvalue weighted by Gasteiger charge is -2.01. The zero-order valence-corrected chi connectivity index (χ0v) is 7.73. The number of carbonyl (C=O) groups excluding carboxylic acids is 1. The van der Waals surface area contributed by atoms with Gasteiger partial charge in [-0.1, -0.05) is 0 Å². The first kappa shape index (κ1) is 10.1. The van der Waals surface area contributed by atoms with Crippen molar-refractivity contribution in [2.75, 3.05) is 0 Å². The van der Waals surface area contributed by atoms with Gasteiger partial charge in [-0.05, 0) is 22.0 Å². The second-order valence-electron chi connectivity index (χ2n) is 2.19. The second-order valence-corrected chi connectivity index (χ2v) is 3.04. The van der Waals surface area contributed by atoms with Gasteiger partial charge in [-0.15, -0.1) is 0 Å². The Morgan fingerprint density at radius 1 is 1.38 bits per heavy atom. The fourth-order valence-electron chi connectivity index (χ4n) is 0.757. The summed E-state index contributed by atoms with van der Waals surface area (Å²) in [5, 5.41) is 8.20. The van der Waals surface area contributed by atoms with Gasteiger partial charge in [0.25, 0.3) is 5.91 Å². The maximum atomic E-state index is 12.8. The lowest BCUT2D eigenvalue weighted by molar-refractivity contribution is 0.0701. The Balaban J connectivity index is 3.23. The molecule has 1 aromatic rings. The second kappa shape index (κ2) is 3.80. The standard InChI is InChI=1S/C7H4BrF2NO2/c8-4-1-3(7(12)11-13)5(9)2-6(4)10/h1-2,13H,(H,11,12). The molecule has 0 unspecified atom stereocenters. The van der Waals surface area contributed by atoms with Crippen LogP contribution in [-0.4, -0.2) is 11.1 Å². The van der Waals surface area contributed by atoms with Crippen LogP contribution < -0.4 is 5.48 Å². The summed E-state index contributed by atoms with van der Waals surface area (Å²) >= 11 is 2.77. The third-order valence-corrected chi connectivity index (χ3v) is 1.96.